The zero-order valence-electron chi connectivity index (χ0n) is 10.9. The first-order valence-corrected chi connectivity index (χ1v) is 5.99. The maximum Gasteiger partial charge on any atom is 0.229 e. The third-order valence-electron chi connectivity index (χ3n) is 3.42. The van der Waals surface area contributed by atoms with Crippen LogP contribution >= 0.6 is 0 Å². The molecule has 0 N–H and O–H groups in total. The summed E-state index contributed by atoms with van der Waals surface area (Å²) in [6.07, 6.45) is 2.14. The fourth-order valence-electron chi connectivity index (χ4n) is 2.51. The number of hydrogen-bond acceptors (Lipinski definition) is 1. The van der Waals surface area contributed by atoms with Gasteiger partial charge >= 0.3 is 0 Å². The number of para-hydroxylation sites is 1. The van der Waals surface area contributed by atoms with E-state index >= 15 is 0 Å². The number of anilines is 1. The van der Waals surface area contributed by atoms with Crippen LogP contribution in [0.2, 0.25) is 0 Å². The molecule has 0 bridgehead atoms. The molecule has 0 spiro atoms. The number of hydrogen-bond donors (Lipinski definition) is 0. The second-order valence-electron chi connectivity index (χ2n) is 4.77. The van der Waals surface area contributed by atoms with Crippen LogP contribution in [0.3, 0.4) is 0 Å². The molecule has 1 aromatic carbocycles. The summed E-state index contributed by atoms with van der Waals surface area (Å²) < 4.78 is 0. The Morgan fingerprint density at radius 2 is 1.82 bits per heavy atom. The average molecular weight is 306 g/mol. The predicted octanol–water partition coefficient (Wildman–Crippen LogP) is 3.06. The molecule has 1 unspecified atom stereocenters. The van der Waals surface area contributed by atoms with Crippen molar-refractivity contribution in [1.82, 2.24) is 0 Å². The molecule has 3 heteroatoms. The molecule has 1 aliphatic rings. The topological polar surface area (TPSA) is 20.3 Å². The van der Waals surface area contributed by atoms with Crippen LogP contribution in [0, 0.1) is 19.8 Å². The summed E-state index contributed by atoms with van der Waals surface area (Å²) >= 11 is 0. The van der Waals surface area contributed by atoms with Crippen LogP contribution in [0.25, 0.3) is 0 Å². The Kier molecular flexibility index (Phi) is 5.33. The Bertz CT molecular complexity index is 396. The summed E-state index contributed by atoms with van der Waals surface area (Å²) in [5.74, 6) is 0.455. The van der Waals surface area contributed by atoms with Gasteiger partial charge in [0.05, 0.1) is 0 Å². The van der Waals surface area contributed by atoms with Gasteiger partial charge in [-0.05, 0) is 37.8 Å². The van der Waals surface area contributed by atoms with E-state index in [1.807, 2.05) is 17.9 Å². The quantitative estimate of drug-likeness (QED) is 0.781. The van der Waals surface area contributed by atoms with Gasteiger partial charge in [-0.25, -0.2) is 0 Å². The summed E-state index contributed by atoms with van der Waals surface area (Å²) in [6, 6.07) is 6.20. The summed E-state index contributed by atoms with van der Waals surface area (Å²) in [5, 5.41) is 0. The van der Waals surface area contributed by atoms with Gasteiger partial charge in [0.1, 0.15) is 0 Å². The van der Waals surface area contributed by atoms with Gasteiger partial charge in [0.25, 0.3) is 0 Å². The molecule has 1 atom stereocenters. The van der Waals surface area contributed by atoms with E-state index in [1.54, 1.807) is 0 Å². The van der Waals surface area contributed by atoms with Gasteiger partial charge in [0, 0.05) is 50.9 Å². The molecule has 1 amide bonds. The van der Waals surface area contributed by atoms with Crippen LogP contribution in [-0.2, 0) is 37.5 Å². The molecule has 17 heavy (non-hydrogen) atoms. The smallest absolute Gasteiger partial charge is 0.229 e. The Labute approximate surface area is 129 Å². The number of carbonyl (C=O) groups is 1. The van der Waals surface area contributed by atoms with E-state index in [0.717, 1.165) is 25.1 Å². The van der Waals surface area contributed by atoms with Gasteiger partial charge in [-0.2, -0.15) is 0 Å². The van der Waals surface area contributed by atoms with Crippen molar-refractivity contribution in [2.75, 3.05) is 11.4 Å². The molecule has 1 aromatic rings. The van der Waals surface area contributed by atoms with Crippen molar-refractivity contribution in [3.63, 3.8) is 0 Å². The Morgan fingerprint density at radius 3 is 2.41 bits per heavy atom. The fourth-order valence-corrected chi connectivity index (χ4v) is 2.51. The third kappa shape index (κ3) is 2.97. The molecule has 1 saturated heterocycles. The molecule has 1 aliphatic heterocycles. The Balaban J connectivity index is 0.00000144. The Morgan fingerprint density at radius 1 is 1.24 bits per heavy atom. The van der Waals surface area contributed by atoms with Gasteiger partial charge < -0.3 is 4.90 Å². The number of benzene rings is 1. The van der Waals surface area contributed by atoms with Crippen molar-refractivity contribution >= 4 is 11.6 Å². The first-order valence-electron chi connectivity index (χ1n) is 5.99. The molecule has 1 fully saturated rings. The summed E-state index contributed by atoms with van der Waals surface area (Å²) in [6.45, 7) is 7.06. The van der Waals surface area contributed by atoms with Gasteiger partial charge in [-0.15, -0.1) is 0 Å². The standard InChI is InChI=1S/C14H19NO.Y/c1-10-6-4-7-11(2)13(10)15-9-5-8-12(3)14(15)16;/h4,6-7,12H,5,8-9H2,1-3H3;. The van der Waals surface area contributed by atoms with Gasteiger partial charge in [-0.1, -0.05) is 25.1 Å². The number of rotatable bonds is 1. The average Bonchev–Trinajstić information content (AvgIpc) is 2.24. The van der Waals surface area contributed by atoms with Crippen LogP contribution in [-0.4, -0.2) is 12.5 Å². The fraction of sp³-hybridized carbons (Fsp3) is 0.500. The summed E-state index contributed by atoms with van der Waals surface area (Å²) in [7, 11) is 0. The zero-order valence-corrected chi connectivity index (χ0v) is 13.7. The summed E-state index contributed by atoms with van der Waals surface area (Å²) in [4.78, 5) is 14.1. The number of piperidine rings is 1. The molecule has 2 rings (SSSR count). The van der Waals surface area contributed by atoms with Crippen LogP contribution < -0.4 is 4.90 Å². The van der Waals surface area contributed by atoms with E-state index in [9.17, 15) is 4.79 Å². The van der Waals surface area contributed by atoms with Crippen molar-refractivity contribution in [2.45, 2.75) is 33.6 Å². The van der Waals surface area contributed by atoms with Gasteiger partial charge in [-0.3, -0.25) is 4.79 Å². The second kappa shape index (κ2) is 6.11. The van der Waals surface area contributed by atoms with E-state index in [1.165, 1.54) is 11.1 Å². The minimum absolute atomic E-state index is 0. The number of nitrogens with zero attached hydrogens (tertiary/aromatic N) is 1. The number of carbonyl (C=O) groups excluding carboxylic acids is 1. The normalized spacial score (nSPS) is 20.1. The largest absolute Gasteiger partial charge is 0.312 e. The maximum atomic E-state index is 12.2. The van der Waals surface area contributed by atoms with E-state index in [0.29, 0.717) is 0 Å². The van der Waals surface area contributed by atoms with Crippen LogP contribution in [0.4, 0.5) is 5.69 Å². The molecule has 1 heterocycles. The van der Waals surface area contributed by atoms with Crippen molar-refractivity contribution in [3.8, 4) is 0 Å². The molecule has 0 saturated carbocycles. The van der Waals surface area contributed by atoms with E-state index in [-0.39, 0.29) is 44.5 Å². The first-order chi connectivity index (χ1) is 7.61. The van der Waals surface area contributed by atoms with Crippen LogP contribution in [0.15, 0.2) is 18.2 Å². The monoisotopic (exact) mass is 306 g/mol. The van der Waals surface area contributed by atoms with E-state index in [2.05, 4.69) is 26.0 Å². The van der Waals surface area contributed by atoms with Crippen molar-refractivity contribution < 1.29 is 37.5 Å². The van der Waals surface area contributed by atoms with E-state index in [4.69, 9.17) is 0 Å². The second-order valence-corrected chi connectivity index (χ2v) is 4.77. The third-order valence-corrected chi connectivity index (χ3v) is 3.42. The summed E-state index contributed by atoms with van der Waals surface area (Å²) in [5.41, 5.74) is 3.52. The minimum Gasteiger partial charge on any atom is -0.312 e. The molecule has 0 aliphatic carbocycles. The van der Waals surface area contributed by atoms with Crippen LogP contribution in [0.5, 0.6) is 0 Å². The molecule has 0 aromatic heterocycles. The maximum absolute atomic E-state index is 12.2. The van der Waals surface area contributed by atoms with Crippen molar-refractivity contribution in [1.29, 1.82) is 0 Å². The molecule has 1 radical (unpaired) electrons. The minimum atomic E-state index is 0. The van der Waals surface area contributed by atoms with Gasteiger partial charge in [0.2, 0.25) is 5.91 Å². The number of amides is 1. The predicted molar refractivity (Wildman–Crippen MR) is 66.7 cm³/mol. The zero-order chi connectivity index (χ0) is 11.7. The SMILES string of the molecule is Cc1cccc(C)c1N1CCCC(C)C1=O.[Y]. The molecule has 2 nitrogen and oxygen atoms in total. The Hall–Kier alpha value is -0.206. The molecular formula is C14H19NOY. The molecular weight excluding hydrogens is 287 g/mol. The van der Waals surface area contributed by atoms with Gasteiger partial charge in [0.15, 0.2) is 0 Å². The first kappa shape index (κ1) is 14.9. The van der Waals surface area contributed by atoms with Crippen LogP contribution in [0.1, 0.15) is 30.9 Å². The van der Waals surface area contributed by atoms with E-state index < -0.39 is 0 Å². The van der Waals surface area contributed by atoms with Crippen molar-refractivity contribution in [3.05, 3.63) is 29.3 Å². The number of aryl methyl sites for hydroxylation is 2. The van der Waals surface area contributed by atoms with Crippen molar-refractivity contribution in [2.24, 2.45) is 5.92 Å². The molecule has 89 valence electrons.